The van der Waals surface area contributed by atoms with Crippen LogP contribution in [0.1, 0.15) is 15.9 Å². The van der Waals surface area contributed by atoms with E-state index in [9.17, 15) is 4.79 Å². The molecule has 0 saturated carbocycles. The third kappa shape index (κ3) is 2.82. The lowest BCUT2D eigenvalue weighted by molar-refractivity contribution is 0.0694. The lowest BCUT2D eigenvalue weighted by Crippen LogP contribution is -2.01. The van der Waals surface area contributed by atoms with Gasteiger partial charge in [-0.1, -0.05) is 23.2 Å². The highest BCUT2D eigenvalue weighted by Gasteiger charge is 2.16. The second-order valence-corrected chi connectivity index (χ2v) is 4.45. The van der Waals surface area contributed by atoms with Crippen molar-refractivity contribution in [3.8, 4) is 17.7 Å². The van der Waals surface area contributed by atoms with Gasteiger partial charge in [0, 0.05) is 17.3 Å². The van der Waals surface area contributed by atoms with Crippen LogP contribution in [0.15, 0.2) is 30.5 Å². The van der Waals surface area contributed by atoms with Crippen molar-refractivity contribution in [2.24, 2.45) is 0 Å². The normalized spacial score (nSPS) is 9.85. The highest BCUT2D eigenvalue weighted by molar-refractivity contribution is 6.33. The van der Waals surface area contributed by atoms with E-state index in [2.05, 4.69) is 4.98 Å². The second kappa shape index (κ2) is 5.78. The number of rotatable bonds is 3. The van der Waals surface area contributed by atoms with Crippen LogP contribution in [0.3, 0.4) is 0 Å². The average molecular weight is 309 g/mol. The van der Waals surface area contributed by atoms with E-state index in [-0.39, 0.29) is 27.8 Å². The Morgan fingerprint density at radius 2 is 2.10 bits per heavy atom. The van der Waals surface area contributed by atoms with Crippen LogP contribution in [-0.4, -0.2) is 16.1 Å². The van der Waals surface area contributed by atoms with Crippen molar-refractivity contribution in [3.05, 3.63) is 51.6 Å². The largest absolute Gasteiger partial charge is 0.478 e. The Hall–Kier alpha value is -2.29. The number of ether oxygens (including phenoxy) is 1. The van der Waals surface area contributed by atoms with Crippen molar-refractivity contribution in [1.29, 1.82) is 5.26 Å². The molecule has 1 aromatic heterocycles. The summed E-state index contributed by atoms with van der Waals surface area (Å²) in [6, 6.07) is 7.37. The van der Waals surface area contributed by atoms with Crippen LogP contribution >= 0.6 is 23.2 Å². The molecule has 0 unspecified atom stereocenters. The van der Waals surface area contributed by atoms with Crippen LogP contribution in [-0.2, 0) is 0 Å². The molecule has 1 aromatic carbocycles. The van der Waals surface area contributed by atoms with Crippen molar-refractivity contribution in [2.45, 2.75) is 0 Å². The number of carboxylic acids is 1. The third-order valence-electron chi connectivity index (χ3n) is 2.36. The Labute approximate surface area is 124 Å². The summed E-state index contributed by atoms with van der Waals surface area (Å²) in [6.07, 6.45) is 1.34. The maximum absolute atomic E-state index is 11.1. The number of hydrogen-bond acceptors (Lipinski definition) is 4. The Kier molecular flexibility index (Phi) is 4.08. The van der Waals surface area contributed by atoms with E-state index in [1.54, 1.807) is 0 Å². The molecule has 7 heteroatoms. The van der Waals surface area contributed by atoms with E-state index in [0.717, 1.165) is 0 Å². The Morgan fingerprint density at radius 3 is 2.75 bits per heavy atom. The van der Waals surface area contributed by atoms with Gasteiger partial charge in [-0.15, -0.1) is 0 Å². The van der Waals surface area contributed by atoms with E-state index in [4.69, 9.17) is 38.3 Å². The van der Waals surface area contributed by atoms with Gasteiger partial charge in [-0.2, -0.15) is 5.26 Å². The summed E-state index contributed by atoms with van der Waals surface area (Å²) in [6.45, 7) is 0. The number of hydrogen-bond donors (Lipinski definition) is 1. The molecule has 0 aliphatic carbocycles. The lowest BCUT2D eigenvalue weighted by Gasteiger charge is -2.09. The van der Waals surface area contributed by atoms with Crippen LogP contribution in [0.2, 0.25) is 10.0 Å². The molecule has 100 valence electrons. The van der Waals surface area contributed by atoms with Gasteiger partial charge < -0.3 is 9.84 Å². The molecule has 0 saturated heterocycles. The fraction of sp³-hybridized carbons (Fsp3) is 0. The monoisotopic (exact) mass is 308 g/mol. The van der Waals surface area contributed by atoms with Crippen molar-refractivity contribution in [2.75, 3.05) is 0 Å². The number of halogens is 2. The first-order valence-electron chi connectivity index (χ1n) is 5.28. The number of carbonyl (C=O) groups is 1. The Balaban J connectivity index is 2.48. The van der Waals surface area contributed by atoms with Crippen LogP contribution in [0.4, 0.5) is 0 Å². The maximum atomic E-state index is 11.1. The number of nitrogens with zero attached hydrogens (tertiary/aromatic N) is 2. The van der Waals surface area contributed by atoms with Gasteiger partial charge in [0.25, 0.3) is 0 Å². The molecule has 0 fully saturated rings. The van der Waals surface area contributed by atoms with E-state index >= 15 is 0 Å². The summed E-state index contributed by atoms with van der Waals surface area (Å²) in [4.78, 5) is 15.0. The van der Waals surface area contributed by atoms with Gasteiger partial charge in [0.2, 0.25) is 5.88 Å². The van der Waals surface area contributed by atoms with Gasteiger partial charge in [-0.3, -0.25) is 0 Å². The first-order chi connectivity index (χ1) is 9.52. The highest BCUT2D eigenvalue weighted by Crippen LogP contribution is 2.32. The smallest absolute Gasteiger partial charge is 0.339 e. The summed E-state index contributed by atoms with van der Waals surface area (Å²) in [5.41, 5.74) is 0.0881. The van der Waals surface area contributed by atoms with Gasteiger partial charge in [-0.25, -0.2) is 9.78 Å². The van der Waals surface area contributed by atoms with Gasteiger partial charge in [0.15, 0.2) is 0 Å². The zero-order valence-electron chi connectivity index (χ0n) is 9.80. The van der Waals surface area contributed by atoms with Crippen LogP contribution < -0.4 is 4.74 Å². The topological polar surface area (TPSA) is 83.2 Å². The van der Waals surface area contributed by atoms with Crippen molar-refractivity contribution in [3.63, 3.8) is 0 Å². The molecule has 0 bridgehead atoms. The summed E-state index contributed by atoms with van der Waals surface area (Å²) >= 11 is 11.7. The number of pyridine rings is 1. The zero-order chi connectivity index (χ0) is 14.7. The second-order valence-electron chi connectivity index (χ2n) is 3.64. The molecule has 0 amide bonds. The lowest BCUT2D eigenvalue weighted by atomic mass is 10.2. The predicted molar refractivity (Wildman–Crippen MR) is 72.4 cm³/mol. The summed E-state index contributed by atoms with van der Waals surface area (Å²) in [7, 11) is 0. The van der Waals surface area contributed by atoms with Crippen LogP contribution in [0.5, 0.6) is 11.6 Å². The van der Waals surface area contributed by atoms with Crippen LogP contribution in [0.25, 0.3) is 0 Å². The Morgan fingerprint density at radius 1 is 1.35 bits per heavy atom. The van der Waals surface area contributed by atoms with E-state index in [0.29, 0.717) is 5.02 Å². The standard InChI is InChI=1S/C13H6Cl2N2O3/c14-8-1-2-9(13(18)19)10(5-8)20-12-11(15)7(6-16)3-4-17-12/h1-5H,(H,18,19). The molecule has 0 radical (unpaired) electrons. The van der Waals surface area contributed by atoms with Gasteiger partial charge in [-0.05, 0) is 18.2 Å². The molecular weight excluding hydrogens is 303 g/mol. The molecule has 2 rings (SSSR count). The highest BCUT2D eigenvalue weighted by atomic mass is 35.5. The number of carboxylic acid groups (broad SMARTS) is 1. The molecule has 1 heterocycles. The minimum Gasteiger partial charge on any atom is -0.478 e. The van der Waals surface area contributed by atoms with Crippen LogP contribution in [0, 0.1) is 11.3 Å². The average Bonchev–Trinajstić information content (AvgIpc) is 2.41. The number of benzene rings is 1. The van der Waals surface area contributed by atoms with E-state index in [1.807, 2.05) is 6.07 Å². The van der Waals surface area contributed by atoms with Gasteiger partial charge in [0.1, 0.15) is 22.4 Å². The van der Waals surface area contributed by atoms with Crippen molar-refractivity contribution < 1.29 is 14.6 Å². The quantitative estimate of drug-likeness (QED) is 0.933. The number of aromatic carboxylic acids is 1. The first-order valence-corrected chi connectivity index (χ1v) is 6.04. The van der Waals surface area contributed by atoms with Crippen molar-refractivity contribution >= 4 is 29.2 Å². The maximum Gasteiger partial charge on any atom is 0.339 e. The number of nitriles is 1. The van der Waals surface area contributed by atoms with E-state index in [1.165, 1.54) is 30.5 Å². The molecule has 0 atom stereocenters. The zero-order valence-corrected chi connectivity index (χ0v) is 11.3. The molecule has 1 N–H and O–H groups in total. The minimum absolute atomic E-state index is 0.00510. The fourth-order valence-corrected chi connectivity index (χ4v) is 1.80. The first kappa shape index (κ1) is 14.1. The van der Waals surface area contributed by atoms with Crippen molar-refractivity contribution in [1.82, 2.24) is 4.98 Å². The fourth-order valence-electron chi connectivity index (χ4n) is 1.44. The van der Waals surface area contributed by atoms with E-state index < -0.39 is 5.97 Å². The SMILES string of the molecule is N#Cc1ccnc(Oc2cc(Cl)ccc2C(=O)O)c1Cl. The third-order valence-corrected chi connectivity index (χ3v) is 2.96. The number of aromatic nitrogens is 1. The molecule has 0 aliphatic rings. The Bertz CT molecular complexity index is 726. The molecule has 5 nitrogen and oxygen atoms in total. The molecule has 0 spiro atoms. The molecule has 20 heavy (non-hydrogen) atoms. The summed E-state index contributed by atoms with van der Waals surface area (Å²) in [5.74, 6) is -1.24. The molecule has 2 aromatic rings. The predicted octanol–water partition coefficient (Wildman–Crippen LogP) is 3.75. The summed E-state index contributed by atoms with van der Waals surface area (Å²) < 4.78 is 5.37. The molecule has 0 aliphatic heterocycles. The molecular formula is C13H6Cl2N2O3. The van der Waals surface area contributed by atoms with Gasteiger partial charge in [0.05, 0.1) is 5.56 Å². The minimum atomic E-state index is -1.18. The van der Waals surface area contributed by atoms with Gasteiger partial charge >= 0.3 is 5.97 Å². The summed E-state index contributed by atoms with van der Waals surface area (Å²) in [5, 5.41) is 18.2.